The monoisotopic (exact) mass is 257 g/mol. The van der Waals surface area contributed by atoms with Crippen LogP contribution >= 0.6 is 0 Å². The minimum absolute atomic E-state index is 0.124. The van der Waals surface area contributed by atoms with Crippen LogP contribution in [0.25, 0.3) is 10.9 Å². The second kappa shape index (κ2) is 4.50. The van der Waals surface area contributed by atoms with Crippen molar-refractivity contribution in [3.05, 3.63) is 40.6 Å². The predicted octanol–water partition coefficient (Wildman–Crippen LogP) is 3.21. The van der Waals surface area contributed by atoms with Crippen molar-refractivity contribution in [1.82, 2.24) is 4.98 Å². The Balaban J connectivity index is 1.98. The van der Waals surface area contributed by atoms with Crippen LogP contribution < -0.4 is 5.32 Å². The summed E-state index contributed by atoms with van der Waals surface area (Å²) in [6.45, 7) is 3.00. The fraction of sp³-hybridized carbons (Fsp3) is 0.357. The van der Waals surface area contributed by atoms with E-state index in [1.54, 1.807) is 24.4 Å². The Kier molecular flexibility index (Phi) is 2.81. The number of rotatable bonds is 4. The molecule has 0 bridgehead atoms. The predicted molar refractivity (Wildman–Crippen MR) is 74.2 cm³/mol. The fourth-order valence-electron chi connectivity index (χ4n) is 2.40. The molecule has 1 N–H and O–H groups in total. The molecule has 1 aliphatic rings. The Morgan fingerprint density at radius 3 is 2.95 bits per heavy atom. The summed E-state index contributed by atoms with van der Waals surface area (Å²) in [6, 6.07) is 7.04. The van der Waals surface area contributed by atoms with Crippen molar-refractivity contribution in [2.45, 2.75) is 13.3 Å². The molecule has 0 amide bonds. The van der Waals surface area contributed by atoms with E-state index in [0.717, 1.165) is 12.5 Å². The van der Waals surface area contributed by atoms with Gasteiger partial charge in [0.1, 0.15) is 5.69 Å². The Labute approximate surface area is 110 Å². The number of hydrogen-bond donors (Lipinski definition) is 1. The van der Waals surface area contributed by atoms with Crippen LogP contribution in [0.1, 0.15) is 13.3 Å². The van der Waals surface area contributed by atoms with Gasteiger partial charge in [0.05, 0.1) is 15.8 Å². The lowest BCUT2D eigenvalue weighted by Crippen LogP contribution is -2.07. The maximum absolute atomic E-state index is 11.3. The minimum atomic E-state index is -0.331. The van der Waals surface area contributed by atoms with Crippen LogP contribution in [0.5, 0.6) is 0 Å². The molecule has 0 spiro atoms. The zero-order valence-electron chi connectivity index (χ0n) is 10.7. The van der Waals surface area contributed by atoms with Crippen LogP contribution in [-0.2, 0) is 0 Å². The first-order valence-corrected chi connectivity index (χ1v) is 6.43. The largest absolute Gasteiger partial charge is 0.379 e. The number of nitro groups is 1. The molecule has 2 atom stereocenters. The van der Waals surface area contributed by atoms with Gasteiger partial charge in [-0.2, -0.15) is 0 Å². The number of fused-ring (bicyclic) bond motifs is 1. The van der Waals surface area contributed by atoms with E-state index in [9.17, 15) is 10.1 Å². The third kappa shape index (κ3) is 2.23. The third-order valence-electron chi connectivity index (χ3n) is 3.77. The maximum atomic E-state index is 11.3. The highest BCUT2D eigenvalue weighted by Gasteiger charge is 2.32. The lowest BCUT2D eigenvalue weighted by atomic mass is 10.1. The molecular weight excluding hydrogens is 242 g/mol. The number of nitrogens with one attached hydrogen (secondary N) is 1. The Hall–Kier alpha value is -2.17. The highest BCUT2D eigenvalue weighted by atomic mass is 16.6. The van der Waals surface area contributed by atoms with Crippen molar-refractivity contribution in [2.75, 3.05) is 11.9 Å². The molecule has 1 fully saturated rings. The molecule has 5 nitrogen and oxygen atoms in total. The molecule has 1 aliphatic carbocycles. The number of hydrogen-bond acceptors (Lipinski definition) is 4. The molecule has 0 saturated heterocycles. The topological polar surface area (TPSA) is 68.1 Å². The average molecular weight is 257 g/mol. The van der Waals surface area contributed by atoms with Gasteiger partial charge in [-0.3, -0.25) is 15.1 Å². The van der Waals surface area contributed by atoms with Gasteiger partial charge in [0, 0.05) is 12.7 Å². The van der Waals surface area contributed by atoms with E-state index < -0.39 is 0 Å². The van der Waals surface area contributed by atoms with Gasteiger partial charge in [-0.1, -0.05) is 6.92 Å². The third-order valence-corrected chi connectivity index (χ3v) is 3.77. The Morgan fingerprint density at radius 1 is 1.47 bits per heavy atom. The molecule has 3 rings (SSSR count). The summed E-state index contributed by atoms with van der Waals surface area (Å²) < 4.78 is 0. The molecule has 1 saturated carbocycles. The molecule has 98 valence electrons. The standard InChI is InChI=1S/C14H15N3O2/c1-9-7-10(9)8-16-13-5-4-12-11(3-2-6-15-12)14(13)17(18)19/h2-6,9-10,16H,7-8H2,1H3. The summed E-state index contributed by atoms with van der Waals surface area (Å²) in [6.07, 6.45) is 2.85. The van der Waals surface area contributed by atoms with E-state index in [-0.39, 0.29) is 10.6 Å². The molecule has 1 aromatic carbocycles. The van der Waals surface area contributed by atoms with Gasteiger partial charge in [0.2, 0.25) is 0 Å². The lowest BCUT2D eigenvalue weighted by molar-refractivity contribution is -0.382. The molecule has 2 unspecified atom stereocenters. The van der Waals surface area contributed by atoms with Gasteiger partial charge >= 0.3 is 5.69 Å². The van der Waals surface area contributed by atoms with E-state index in [2.05, 4.69) is 17.2 Å². The maximum Gasteiger partial charge on any atom is 0.301 e. The SMILES string of the molecule is CC1CC1CNc1ccc2ncccc2c1[N+](=O)[O-]. The van der Waals surface area contributed by atoms with Crippen LogP contribution in [0.3, 0.4) is 0 Å². The van der Waals surface area contributed by atoms with E-state index >= 15 is 0 Å². The van der Waals surface area contributed by atoms with Crippen LogP contribution in [-0.4, -0.2) is 16.5 Å². The smallest absolute Gasteiger partial charge is 0.301 e. The van der Waals surface area contributed by atoms with Crippen molar-refractivity contribution in [3.63, 3.8) is 0 Å². The summed E-state index contributed by atoms with van der Waals surface area (Å²) in [5.41, 5.74) is 1.36. The van der Waals surface area contributed by atoms with Crippen molar-refractivity contribution in [1.29, 1.82) is 0 Å². The molecule has 0 radical (unpaired) electrons. The van der Waals surface area contributed by atoms with Gasteiger partial charge < -0.3 is 5.32 Å². The highest BCUT2D eigenvalue weighted by Crippen LogP contribution is 2.39. The summed E-state index contributed by atoms with van der Waals surface area (Å²) in [5.74, 6) is 1.37. The quantitative estimate of drug-likeness (QED) is 0.674. The number of anilines is 1. The summed E-state index contributed by atoms with van der Waals surface area (Å²) in [5, 5.41) is 15.1. The first-order chi connectivity index (χ1) is 9.16. The number of pyridine rings is 1. The first kappa shape index (κ1) is 11.9. The molecule has 1 aromatic heterocycles. The summed E-state index contributed by atoms with van der Waals surface area (Å²) in [4.78, 5) is 15.1. The van der Waals surface area contributed by atoms with E-state index in [1.807, 2.05) is 6.07 Å². The lowest BCUT2D eigenvalue weighted by Gasteiger charge is -2.08. The zero-order chi connectivity index (χ0) is 13.4. The summed E-state index contributed by atoms with van der Waals surface area (Å²) in [7, 11) is 0. The number of nitrogens with zero attached hydrogens (tertiary/aromatic N) is 2. The zero-order valence-corrected chi connectivity index (χ0v) is 10.7. The van der Waals surface area contributed by atoms with Crippen LogP contribution in [0, 0.1) is 22.0 Å². The van der Waals surface area contributed by atoms with E-state index in [0.29, 0.717) is 22.5 Å². The second-order valence-corrected chi connectivity index (χ2v) is 5.14. The number of aromatic nitrogens is 1. The average Bonchev–Trinajstić information content (AvgIpc) is 3.11. The molecular formula is C14H15N3O2. The fourth-order valence-corrected chi connectivity index (χ4v) is 2.40. The number of benzene rings is 1. The van der Waals surface area contributed by atoms with Crippen molar-refractivity contribution >= 4 is 22.3 Å². The van der Waals surface area contributed by atoms with Gasteiger partial charge in [0.25, 0.3) is 0 Å². The summed E-state index contributed by atoms with van der Waals surface area (Å²) >= 11 is 0. The molecule has 0 aliphatic heterocycles. The second-order valence-electron chi connectivity index (χ2n) is 5.14. The van der Waals surface area contributed by atoms with Crippen LogP contribution in [0.2, 0.25) is 0 Å². The van der Waals surface area contributed by atoms with E-state index in [1.165, 1.54) is 6.42 Å². The molecule has 1 heterocycles. The molecule has 5 heteroatoms. The van der Waals surface area contributed by atoms with Crippen molar-refractivity contribution in [2.24, 2.45) is 11.8 Å². The molecule has 2 aromatic rings. The van der Waals surface area contributed by atoms with Gasteiger partial charge in [0.15, 0.2) is 0 Å². The Bertz CT molecular complexity index is 642. The first-order valence-electron chi connectivity index (χ1n) is 6.43. The minimum Gasteiger partial charge on any atom is -0.379 e. The van der Waals surface area contributed by atoms with Gasteiger partial charge in [-0.25, -0.2) is 0 Å². The normalized spacial score (nSPS) is 21.3. The van der Waals surface area contributed by atoms with Gasteiger partial charge in [-0.05, 0) is 42.5 Å². The van der Waals surface area contributed by atoms with Crippen LogP contribution in [0.4, 0.5) is 11.4 Å². The Morgan fingerprint density at radius 2 is 2.26 bits per heavy atom. The van der Waals surface area contributed by atoms with Crippen molar-refractivity contribution in [3.8, 4) is 0 Å². The van der Waals surface area contributed by atoms with Crippen molar-refractivity contribution < 1.29 is 4.92 Å². The highest BCUT2D eigenvalue weighted by molar-refractivity contribution is 5.94. The van der Waals surface area contributed by atoms with Crippen LogP contribution in [0.15, 0.2) is 30.5 Å². The number of nitro benzene ring substituents is 1. The van der Waals surface area contributed by atoms with Gasteiger partial charge in [-0.15, -0.1) is 0 Å². The van der Waals surface area contributed by atoms with E-state index in [4.69, 9.17) is 0 Å². The molecule has 19 heavy (non-hydrogen) atoms.